The van der Waals surface area contributed by atoms with Crippen molar-refractivity contribution in [2.45, 2.75) is 23.6 Å². The topological polar surface area (TPSA) is 167 Å². The van der Waals surface area contributed by atoms with Crippen LogP contribution in [0.2, 0.25) is 0 Å². The molecule has 0 atom stereocenters. The molecule has 0 aromatic heterocycles. The summed E-state index contributed by atoms with van der Waals surface area (Å²) in [6, 6.07) is 5.50. The molecule has 0 aliphatic rings. The SMILES string of the molecule is Cc1cc([NH+]=Nc2cc(S(=O)(=O)[O-])ccc2S(=O)(=O)[O-])c(C)cc1N.[Na+]. The summed E-state index contributed by atoms with van der Waals surface area (Å²) < 4.78 is 67.2. The molecule has 2 aromatic rings. The monoisotopic (exact) mass is 407 g/mol. The fourth-order valence-electron chi connectivity index (χ4n) is 2.03. The van der Waals surface area contributed by atoms with Crippen LogP contribution in [0.3, 0.4) is 0 Å². The van der Waals surface area contributed by atoms with Crippen LogP contribution in [-0.2, 0) is 20.2 Å². The summed E-state index contributed by atoms with van der Waals surface area (Å²) in [5.74, 6) is 0. The van der Waals surface area contributed by atoms with Crippen molar-refractivity contribution in [3.05, 3.63) is 41.5 Å². The first-order valence-electron chi connectivity index (χ1n) is 6.79. The Morgan fingerprint density at radius 1 is 0.962 bits per heavy atom. The molecule has 0 heterocycles. The fourth-order valence-corrected chi connectivity index (χ4v) is 3.12. The Morgan fingerprint density at radius 3 is 2.12 bits per heavy atom. The third-order valence-electron chi connectivity index (χ3n) is 3.40. The number of benzene rings is 2. The van der Waals surface area contributed by atoms with Gasteiger partial charge in [0.2, 0.25) is 5.69 Å². The number of aryl methyl sites for hydroxylation is 2. The summed E-state index contributed by atoms with van der Waals surface area (Å²) >= 11 is 0. The first-order valence-corrected chi connectivity index (χ1v) is 9.60. The summed E-state index contributed by atoms with van der Waals surface area (Å²) in [7, 11) is -9.77. The van der Waals surface area contributed by atoms with Crippen molar-refractivity contribution >= 4 is 37.3 Å². The number of nitrogen functional groups attached to an aromatic ring is 1. The average molecular weight is 407 g/mol. The molecular weight excluding hydrogens is 393 g/mol. The molecule has 0 unspecified atom stereocenters. The van der Waals surface area contributed by atoms with E-state index < -0.39 is 35.7 Å². The maximum Gasteiger partial charge on any atom is 1.00 e. The molecule has 0 bridgehead atoms. The second-order valence-corrected chi connectivity index (χ2v) is 8.01. The molecule has 0 spiro atoms. The first-order chi connectivity index (χ1) is 11.4. The standard InChI is InChI=1S/C14H15N3O6S2.Na/c1-8-6-12(9(2)5-11(8)15)16-17-13-7-10(24(18,19)20)3-4-14(13)25(21,22)23;/h3-7H,15H2,1-2H3,(H,18,19,20)(H,21,22,23);/q;+1/p-1. The van der Waals surface area contributed by atoms with Gasteiger partial charge in [0.25, 0.3) is 0 Å². The molecule has 2 rings (SSSR count). The van der Waals surface area contributed by atoms with E-state index in [1.807, 2.05) is 0 Å². The third-order valence-corrected chi connectivity index (χ3v) is 5.11. The number of nitrogens with one attached hydrogen (secondary N) is 1. The molecule has 0 aliphatic heterocycles. The van der Waals surface area contributed by atoms with E-state index in [1.165, 1.54) is 0 Å². The van der Waals surface area contributed by atoms with Crippen LogP contribution in [0.4, 0.5) is 17.1 Å². The average Bonchev–Trinajstić information content (AvgIpc) is 2.47. The Morgan fingerprint density at radius 2 is 1.58 bits per heavy atom. The summed E-state index contributed by atoms with van der Waals surface area (Å²) in [5.41, 5.74) is 7.71. The number of hydrogen-bond acceptors (Lipinski definition) is 8. The second kappa shape index (κ2) is 8.13. The van der Waals surface area contributed by atoms with Crippen molar-refractivity contribution in [3.8, 4) is 0 Å². The summed E-state index contributed by atoms with van der Waals surface area (Å²) in [5, 5.41) is 6.33. The maximum absolute atomic E-state index is 11.3. The minimum atomic E-state index is -4.93. The number of hydrogen-bond donors (Lipinski definition) is 2. The fraction of sp³-hybridized carbons (Fsp3) is 0.143. The molecule has 0 saturated heterocycles. The van der Waals surface area contributed by atoms with Crippen LogP contribution in [0.15, 0.2) is 45.2 Å². The van der Waals surface area contributed by atoms with Gasteiger partial charge in [-0.05, 0) is 48.8 Å². The van der Waals surface area contributed by atoms with E-state index in [1.54, 1.807) is 26.0 Å². The molecule has 0 radical (unpaired) electrons. The molecule has 134 valence electrons. The Balaban J connectivity index is 0.00000338. The van der Waals surface area contributed by atoms with Crippen molar-refractivity contribution in [1.82, 2.24) is 0 Å². The van der Waals surface area contributed by atoms with Crippen LogP contribution in [0, 0.1) is 13.8 Å². The van der Waals surface area contributed by atoms with E-state index in [0.717, 1.165) is 23.8 Å². The van der Waals surface area contributed by atoms with Crippen LogP contribution in [-0.4, -0.2) is 25.9 Å². The third kappa shape index (κ3) is 5.33. The maximum atomic E-state index is 11.3. The molecular formula is C14H14N3NaO6S2. The number of azo groups is 1. The molecule has 9 nitrogen and oxygen atoms in total. The summed E-state index contributed by atoms with van der Waals surface area (Å²) in [6.45, 7) is 3.47. The zero-order valence-corrected chi connectivity index (χ0v) is 17.8. The molecule has 0 aliphatic carbocycles. The molecule has 12 heteroatoms. The second-order valence-electron chi connectivity index (χ2n) is 5.29. The number of nitrogens with two attached hydrogens (primary N) is 1. The van der Waals surface area contributed by atoms with Crippen LogP contribution in [0.1, 0.15) is 11.1 Å². The predicted molar refractivity (Wildman–Crippen MR) is 85.4 cm³/mol. The Labute approximate surface area is 173 Å². The normalized spacial score (nSPS) is 12.2. The van der Waals surface area contributed by atoms with Crippen molar-refractivity contribution < 1.29 is 60.6 Å². The van der Waals surface area contributed by atoms with E-state index in [2.05, 4.69) is 10.2 Å². The zero-order chi connectivity index (χ0) is 19.0. The predicted octanol–water partition coefficient (Wildman–Crippen LogP) is -2.81. The minimum absolute atomic E-state index is 0. The van der Waals surface area contributed by atoms with Gasteiger partial charge in [-0.1, -0.05) is 5.11 Å². The summed E-state index contributed by atoms with van der Waals surface area (Å²) in [4.78, 5) is -1.46. The Bertz CT molecular complexity index is 1080. The van der Waals surface area contributed by atoms with Crippen molar-refractivity contribution in [2.24, 2.45) is 5.11 Å². The van der Waals surface area contributed by atoms with Gasteiger partial charge < -0.3 is 14.8 Å². The number of nitrogens with zero attached hydrogens (tertiary/aromatic N) is 1. The van der Waals surface area contributed by atoms with E-state index in [4.69, 9.17) is 5.73 Å². The largest absolute Gasteiger partial charge is 1.00 e. The van der Waals surface area contributed by atoms with Crippen LogP contribution in [0.5, 0.6) is 0 Å². The minimum Gasteiger partial charge on any atom is -0.744 e. The smallest absolute Gasteiger partial charge is 0.744 e. The number of anilines is 1. The molecule has 3 N–H and O–H groups in total. The molecule has 0 fully saturated rings. The van der Waals surface area contributed by atoms with Gasteiger partial charge in [-0.15, -0.1) is 0 Å². The first kappa shape index (κ1) is 22.7. The molecule has 2 aromatic carbocycles. The van der Waals surface area contributed by atoms with Gasteiger partial charge in [0.1, 0.15) is 25.9 Å². The van der Waals surface area contributed by atoms with E-state index in [-0.39, 0.29) is 29.6 Å². The van der Waals surface area contributed by atoms with Gasteiger partial charge in [-0.2, -0.15) is 0 Å². The van der Waals surface area contributed by atoms with Crippen molar-refractivity contribution in [1.29, 1.82) is 0 Å². The van der Waals surface area contributed by atoms with Gasteiger partial charge in [0.15, 0.2) is 0 Å². The van der Waals surface area contributed by atoms with E-state index >= 15 is 0 Å². The van der Waals surface area contributed by atoms with Crippen molar-refractivity contribution in [2.75, 3.05) is 5.73 Å². The molecule has 0 saturated carbocycles. The van der Waals surface area contributed by atoms with Crippen LogP contribution >= 0.6 is 0 Å². The van der Waals surface area contributed by atoms with Crippen LogP contribution < -0.4 is 40.4 Å². The van der Waals surface area contributed by atoms with Crippen LogP contribution in [0.25, 0.3) is 0 Å². The Kier molecular flexibility index (Phi) is 7.10. The van der Waals surface area contributed by atoms with Crippen molar-refractivity contribution in [3.63, 3.8) is 0 Å². The van der Waals surface area contributed by atoms with E-state index in [9.17, 15) is 25.9 Å². The number of rotatable bonds is 4. The van der Waals surface area contributed by atoms with Gasteiger partial charge in [-0.25, -0.2) is 16.8 Å². The zero-order valence-electron chi connectivity index (χ0n) is 14.2. The van der Waals surface area contributed by atoms with Gasteiger partial charge in [-0.3, -0.25) is 0 Å². The van der Waals surface area contributed by atoms with Gasteiger partial charge in [0, 0.05) is 17.3 Å². The van der Waals surface area contributed by atoms with Gasteiger partial charge >= 0.3 is 29.6 Å². The van der Waals surface area contributed by atoms with E-state index in [0.29, 0.717) is 16.9 Å². The molecule has 26 heavy (non-hydrogen) atoms. The molecule has 0 amide bonds. The summed E-state index contributed by atoms with van der Waals surface area (Å²) in [6.07, 6.45) is 0. The Hall–Kier alpha value is -1.34. The van der Waals surface area contributed by atoms with Gasteiger partial charge in [0.05, 0.1) is 9.79 Å². The quantitative estimate of drug-likeness (QED) is 0.239.